The molecule has 0 spiro atoms. The molecular weight excluding hydrogens is 184 g/mol. The van der Waals surface area contributed by atoms with Crippen LogP contribution in [0.1, 0.15) is 16.8 Å². The maximum Gasteiger partial charge on any atom is 0.0633 e. The van der Waals surface area contributed by atoms with E-state index in [0.717, 1.165) is 11.4 Å². The molecule has 0 unspecified atom stereocenters. The summed E-state index contributed by atoms with van der Waals surface area (Å²) in [6.07, 6.45) is 3.73. The lowest BCUT2D eigenvalue weighted by Crippen LogP contribution is -1.81. The molecule has 0 bridgehead atoms. The van der Waals surface area contributed by atoms with Crippen molar-refractivity contribution in [3.63, 3.8) is 0 Å². The first-order valence-electron chi connectivity index (χ1n) is 5.00. The van der Waals surface area contributed by atoms with Crippen molar-refractivity contribution < 1.29 is 0 Å². The fraction of sp³-hybridized carbons (Fsp3) is 0.154. The van der Waals surface area contributed by atoms with E-state index in [9.17, 15) is 0 Å². The van der Waals surface area contributed by atoms with Gasteiger partial charge in [-0.05, 0) is 49.2 Å². The highest BCUT2D eigenvalue weighted by Gasteiger charge is 1.93. The van der Waals surface area contributed by atoms with Crippen molar-refractivity contribution in [1.29, 1.82) is 0 Å². The Labute approximate surface area is 89.7 Å². The first kappa shape index (κ1) is 9.71. The van der Waals surface area contributed by atoms with Crippen LogP contribution in [0.2, 0.25) is 0 Å². The summed E-state index contributed by atoms with van der Waals surface area (Å²) in [4.78, 5) is 7.48. The summed E-state index contributed by atoms with van der Waals surface area (Å²) in [6, 6.07) is 10.2. The minimum atomic E-state index is 0.993. The van der Waals surface area contributed by atoms with Gasteiger partial charge in [0.05, 0.1) is 17.6 Å². The minimum absolute atomic E-state index is 0.993. The van der Waals surface area contributed by atoms with Gasteiger partial charge >= 0.3 is 0 Å². The van der Waals surface area contributed by atoms with Gasteiger partial charge in [0.2, 0.25) is 0 Å². The van der Waals surface area contributed by atoms with E-state index >= 15 is 0 Å². The number of hydrogen-bond donors (Lipinski definition) is 1. The number of nitrogens with zero attached hydrogens (tertiary/aromatic N) is 1. The molecule has 0 aliphatic rings. The second-order valence-corrected chi connectivity index (χ2v) is 3.65. The third-order valence-corrected chi connectivity index (χ3v) is 2.47. The normalized spacial score (nSPS) is 11.1. The second-order valence-electron chi connectivity index (χ2n) is 3.65. The Bertz CT molecular complexity index is 467. The van der Waals surface area contributed by atoms with Gasteiger partial charge in [-0.1, -0.05) is 6.07 Å². The van der Waals surface area contributed by atoms with Gasteiger partial charge in [-0.25, -0.2) is 0 Å². The van der Waals surface area contributed by atoms with E-state index in [0.29, 0.717) is 0 Å². The fourth-order valence-corrected chi connectivity index (χ4v) is 1.37. The third-order valence-electron chi connectivity index (χ3n) is 2.47. The van der Waals surface area contributed by atoms with E-state index in [-0.39, 0.29) is 0 Å². The molecule has 1 aromatic carbocycles. The van der Waals surface area contributed by atoms with Gasteiger partial charge < -0.3 is 4.98 Å². The van der Waals surface area contributed by atoms with E-state index in [1.807, 2.05) is 30.6 Å². The number of aromatic amines is 1. The molecule has 0 atom stereocenters. The molecule has 0 aliphatic carbocycles. The predicted octanol–water partition coefficient (Wildman–Crippen LogP) is 3.38. The van der Waals surface area contributed by atoms with Crippen molar-refractivity contribution in [2.24, 2.45) is 4.99 Å². The molecule has 76 valence electrons. The molecule has 0 aliphatic heterocycles. The van der Waals surface area contributed by atoms with Gasteiger partial charge in [0, 0.05) is 6.20 Å². The van der Waals surface area contributed by atoms with Crippen LogP contribution in [0.25, 0.3) is 0 Å². The van der Waals surface area contributed by atoms with Gasteiger partial charge in [0.1, 0.15) is 0 Å². The Hall–Kier alpha value is -1.83. The molecule has 0 fully saturated rings. The summed E-state index contributed by atoms with van der Waals surface area (Å²) in [6.45, 7) is 4.21. The molecule has 0 radical (unpaired) electrons. The van der Waals surface area contributed by atoms with Crippen LogP contribution < -0.4 is 0 Å². The summed E-state index contributed by atoms with van der Waals surface area (Å²) in [5, 5.41) is 0. The molecule has 1 heterocycles. The molecule has 2 nitrogen and oxygen atoms in total. The average molecular weight is 198 g/mol. The molecule has 2 aromatic rings. The molecule has 0 saturated heterocycles. The molecule has 1 aromatic heterocycles. The summed E-state index contributed by atoms with van der Waals surface area (Å²) < 4.78 is 0. The Balaban J connectivity index is 2.21. The van der Waals surface area contributed by atoms with E-state index < -0.39 is 0 Å². The lowest BCUT2D eigenvalue weighted by atomic mass is 10.1. The average Bonchev–Trinajstić information content (AvgIpc) is 2.73. The third kappa shape index (κ3) is 2.34. The topological polar surface area (TPSA) is 28.1 Å². The van der Waals surface area contributed by atoms with E-state index in [1.165, 1.54) is 11.1 Å². The van der Waals surface area contributed by atoms with Gasteiger partial charge in [0.15, 0.2) is 0 Å². The van der Waals surface area contributed by atoms with Crippen molar-refractivity contribution in [2.75, 3.05) is 0 Å². The summed E-state index contributed by atoms with van der Waals surface area (Å²) in [7, 11) is 0. The van der Waals surface area contributed by atoms with Crippen LogP contribution in [-0.2, 0) is 0 Å². The smallest absolute Gasteiger partial charge is 0.0633 e. The zero-order chi connectivity index (χ0) is 10.7. The van der Waals surface area contributed by atoms with Crippen LogP contribution in [0.4, 0.5) is 5.69 Å². The molecular formula is C13H14N2. The van der Waals surface area contributed by atoms with E-state index in [4.69, 9.17) is 0 Å². The number of aromatic nitrogens is 1. The maximum absolute atomic E-state index is 4.39. The van der Waals surface area contributed by atoms with Crippen molar-refractivity contribution >= 4 is 11.9 Å². The van der Waals surface area contributed by atoms with Gasteiger partial charge in [-0.3, -0.25) is 4.99 Å². The number of aliphatic imine (C=N–C) groups is 1. The number of nitrogens with one attached hydrogen (secondary N) is 1. The van der Waals surface area contributed by atoms with E-state index in [2.05, 4.69) is 36.0 Å². The second kappa shape index (κ2) is 4.13. The van der Waals surface area contributed by atoms with Gasteiger partial charge in [-0.15, -0.1) is 0 Å². The van der Waals surface area contributed by atoms with Crippen molar-refractivity contribution in [3.05, 3.63) is 53.3 Å². The highest BCUT2D eigenvalue weighted by Crippen LogP contribution is 2.16. The van der Waals surface area contributed by atoms with Crippen molar-refractivity contribution in [3.8, 4) is 0 Å². The monoisotopic (exact) mass is 198 g/mol. The first-order chi connectivity index (χ1) is 7.25. The number of hydrogen-bond acceptors (Lipinski definition) is 1. The molecule has 1 N–H and O–H groups in total. The summed E-state index contributed by atoms with van der Waals surface area (Å²) in [5.41, 5.74) is 4.59. The Morgan fingerprint density at radius 2 is 2.00 bits per heavy atom. The molecule has 15 heavy (non-hydrogen) atoms. The van der Waals surface area contributed by atoms with Crippen LogP contribution in [-0.4, -0.2) is 11.2 Å². The fourth-order valence-electron chi connectivity index (χ4n) is 1.37. The van der Waals surface area contributed by atoms with Gasteiger partial charge in [0.25, 0.3) is 0 Å². The van der Waals surface area contributed by atoms with Crippen LogP contribution >= 0.6 is 0 Å². The van der Waals surface area contributed by atoms with Crippen LogP contribution in [0, 0.1) is 13.8 Å². The van der Waals surface area contributed by atoms with Crippen molar-refractivity contribution in [1.82, 2.24) is 4.98 Å². The zero-order valence-corrected chi connectivity index (χ0v) is 8.99. The molecule has 0 amide bonds. The Morgan fingerprint density at radius 1 is 1.13 bits per heavy atom. The van der Waals surface area contributed by atoms with Crippen molar-refractivity contribution in [2.45, 2.75) is 13.8 Å². The maximum atomic E-state index is 4.39. The lowest BCUT2D eigenvalue weighted by Gasteiger charge is -1.99. The highest BCUT2D eigenvalue weighted by atomic mass is 14.8. The highest BCUT2D eigenvalue weighted by molar-refractivity contribution is 5.79. The SMILES string of the molecule is Cc1ccc(N=Cc2ccc[nH]2)cc1C. The molecule has 0 saturated carbocycles. The van der Waals surface area contributed by atoms with Gasteiger partial charge in [-0.2, -0.15) is 0 Å². The first-order valence-corrected chi connectivity index (χ1v) is 5.00. The summed E-state index contributed by atoms with van der Waals surface area (Å²) in [5.74, 6) is 0. The lowest BCUT2D eigenvalue weighted by molar-refractivity contribution is 1.32. The van der Waals surface area contributed by atoms with Crippen LogP contribution in [0.5, 0.6) is 0 Å². The van der Waals surface area contributed by atoms with E-state index in [1.54, 1.807) is 0 Å². The zero-order valence-electron chi connectivity index (χ0n) is 8.99. The summed E-state index contributed by atoms with van der Waals surface area (Å²) >= 11 is 0. The molecule has 2 rings (SSSR count). The number of H-pyrrole nitrogens is 1. The number of benzene rings is 1. The number of rotatable bonds is 2. The number of aryl methyl sites for hydroxylation is 2. The largest absolute Gasteiger partial charge is 0.360 e. The predicted molar refractivity (Wildman–Crippen MR) is 64.0 cm³/mol. The standard InChI is InChI=1S/C13H14N2/c1-10-5-6-12(8-11(10)2)15-9-13-4-3-7-14-13/h3-9,14H,1-2H3. The van der Waals surface area contributed by atoms with Crippen LogP contribution in [0.15, 0.2) is 41.5 Å². The van der Waals surface area contributed by atoms with Crippen LogP contribution in [0.3, 0.4) is 0 Å². The molecule has 2 heteroatoms. The Kier molecular flexibility index (Phi) is 2.68. The minimum Gasteiger partial charge on any atom is -0.360 e. The Morgan fingerprint density at radius 3 is 2.67 bits per heavy atom. The quantitative estimate of drug-likeness (QED) is 0.716.